The highest BCUT2D eigenvalue weighted by Gasteiger charge is 2.42. The molecule has 0 radical (unpaired) electrons. The van der Waals surface area contributed by atoms with Gasteiger partial charge < -0.3 is 24.2 Å². The molecule has 7 nitrogen and oxygen atoms in total. The maximum atomic E-state index is 14.3. The first-order chi connectivity index (χ1) is 16.8. The molecule has 1 aliphatic heterocycles. The summed E-state index contributed by atoms with van der Waals surface area (Å²) in [5.74, 6) is -14.6. The fourth-order valence-corrected chi connectivity index (χ4v) is 4.66. The molecule has 0 atom stereocenters. The molecule has 0 unspecified atom stereocenters. The van der Waals surface area contributed by atoms with Crippen LogP contribution in [0.2, 0.25) is 0 Å². The van der Waals surface area contributed by atoms with E-state index in [-0.39, 0.29) is 12.8 Å². The highest BCUT2D eigenvalue weighted by Crippen LogP contribution is 2.41. The van der Waals surface area contributed by atoms with Gasteiger partial charge in [0.25, 0.3) is 0 Å². The second-order valence-electron chi connectivity index (χ2n) is 9.36. The predicted octanol–water partition coefficient (Wildman–Crippen LogP) is 3.00. The third-order valence-electron chi connectivity index (χ3n) is 6.38. The Morgan fingerprint density at radius 1 is 0.972 bits per heavy atom. The zero-order chi connectivity index (χ0) is 27.4. The largest absolute Gasteiger partial charge is 0.574 e. The van der Waals surface area contributed by atoms with Crippen molar-refractivity contribution in [2.24, 2.45) is 0 Å². The Kier molecular flexibility index (Phi) is 9.76. The van der Waals surface area contributed by atoms with Gasteiger partial charge in [0.05, 0.1) is 42.8 Å². The van der Waals surface area contributed by atoms with Crippen molar-refractivity contribution in [1.82, 2.24) is 0 Å². The van der Waals surface area contributed by atoms with Gasteiger partial charge in [0.1, 0.15) is 5.56 Å². The Hall–Kier alpha value is -2.82. The molecule has 1 spiro atoms. The van der Waals surface area contributed by atoms with Crippen LogP contribution in [0.3, 0.4) is 0 Å². The Labute approximate surface area is 208 Å². The molecule has 0 aromatic heterocycles. The Balaban J connectivity index is 0.000000434. The second-order valence-corrected chi connectivity index (χ2v) is 9.36. The summed E-state index contributed by atoms with van der Waals surface area (Å²) in [6.07, 6.45) is 2.41. The third-order valence-corrected chi connectivity index (χ3v) is 6.38. The lowest BCUT2D eigenvalue weighted by Gasteiger charge is -2.46. The van der Waals surface area contributed by atoms with Gasteiger partial charge in [-0.05, 0) is 60.3 Å². The number of methoxy groups -OCH3 is 1. The average molecular weight is 520 g/mol. The van der Waals surface area contributed by atoms with E-state index >= 15 is 0 Å². The van der Waals surface area contributed by atoms with E-state index < -0.39 is 63.6 Å². The second kappa shape index (κ2) is 11.9. The van der Waals surface area contributed by atoms with E-state index in [1.807, 2.05) is 0 Å². The maximum absolute atomic E-state index is 14.3. The molecule has 1 saturated carbocycles. The lowest BCUT2D eigenvalue weighted by molar-refractivity contribution is -0.940. The van der Waals surface area contributed by atoms with E-state index in [2.05, 4.69) is 39.4 Å². The van der Waals surface area contributed by atoms with Gasteiger partial charge in [0.2, 0.25) is 0 Å². The van der Waals surface area contributed by atoms with Crippen LogP contribution in [0.5, 0.6) is 0 Å². The Morgan fingerprint density at radius 2 is 1.47 bits per heavy atom. The van der Waals surface area contributed by atoms with E-state index in [1.54, 1.807) is 4.90 Å². The molecule has 11 heteroatoms. The smallest absolute Gasteiger partial charge is 0.344 e. The quantitative estimate of drug-likeness (QED) is 0.366. The van der Waals surface area contributed by atoms with Crippen molar-refractivity contribution in [3.63, 3.8) is 0 Å². The minimum Gasteiger partial charge on any atom is -0.574 e. The number of halogens is 4. The number of nitrogens with one attached hydrogen (secondary N) is 1. The van der Waals surface area contributed by atoms with Gasteiger partial charge in [-0.3, -0.25) is 0 Å². The molecule has 1 aromatic rings. The number of carbonyl (C=O) groups is 2. The number of hydrogen-bond acceptors (Lipinski definition) is 6. The highest BCUT2D eigenvalue weighted by molar-refractivity contribution is 6.17. The number of carbonyl (C=O) groups excluding carboxylic acids is 2. The van der Waals surface area contributed by atoms with Gasteiger partial charge in [0, 0.05) is 0 Å². The summed E-state index contributed by atoms with van der Waals surface area (Å²) in [6, 6.07) is 1.55. The van der Waals surface area contributed by atoms with Gasteiger partial charge in [-0.25, -0.2) is 27.2 Å². The zero-order valence-corrected chi connectivity index (χ0v) is 21.4. The monoisotopic (exact) mass is 519 g/mol. The molecular weight excluding hydrogens is 486 g/mol. The van der Waals surface area contributed by atoms with Gasteiger partial charge in [0.15, 0.2) is 29.1 Å². The zero-order valence-electron chi connectivity index (χ0n) is 21.4. The Bertz CT molecular complexity index is 981. The standard InChI is InChI=1S/C17H14F4O6.C8H19N/c1-25-14(22)9-12(20)10(18)7(11(19)13(9)21)8-15(23)26-17(27-16(8)24)5-3-2-4-6-17;1-6-9(7(2)3)8(4)5/h23H,2-6H2,1H3;7-8H,6H2,1-5H3. The fourth-order valence-electron chi connectivity index (χ4n) is 4.66. The minimum atomic E-state index is -2.11. The van der Waals surface area contributed by atoms with Crippen LogP contribution in [0.1, 0.15) is 82.6 Å². The van der Waals surface area contributed by atoms with Crippen molar-refractivity contribution < 1.29 is 51.4 Å². The van der Waals surface area contributed by atoms with E-state index in [0.717, 1.165) is 25.6 Å². The summed E-state index contributed by atoms with van der Waals surface area (Å²) in [4.78, 5) is 25.3. The molecule has 1 fully saturated rings. The van der Waals surface area contributed by atoms with Crippen molar-refractivity contribution in [3.8, 4) is 0 Å². The molecule has 1 aromatic carbocycles. The molecule has 1 N–H and O–H groups in total. The number of hydrogen-bond donors (Lipinski definition) is 1. The average Bonchev–Trinajstić information content (AvgIpc) is 2.80. The summed E-state index contributed by atoms with van der Waals surface area (Å²) in [7, 11) is 0.749. The normalized spacial score (nSPS) is 17.2. The van der Waals surface area contributed by atoms with Crippen LogP contribution < -0.4 is 10.0 Å². The molecule has 1 heterocycles. The number of benzene rings is 1. The van der Waals surface area contributed by atoms with Crippen molar-refractivity contribution in [3.05, 3.63) is 40.3 Å². The molecule has 202 valence electrons. The van der Waals surface area contributed by atoms with Crippen LogP contribution in [0.25, 0.3) is 5.57 Å². The molecule has 2 aliphatic rings. The van der Waals surface area contributed by atoms with E-state index in [9.17, 15) is 32.3 Å². The number of quaternary nitrogens is 1. The highest BCUT2D eigenvalue weighted by atomic mass is 19.2. The SMILES string of the molecule is CC[NH+](C(C)C)C(C)C.COC(=O)c1c(F)c(F)c(C2=C([O-])OC3(CCCCC3)OC2=O)c(F)c1F. The lowest BCUT2D eigenvalue weighted by Crippen LogP contribution is -3.17. The number of ether oxygens (including phenoxy) is 3. The van der Waals surface area contributed by atoms with Gasteiger partial charge in [-0.2, -0.15) is 0 Å². The van der Waals surface area contributed by atoms with Crippen LogP contribution in [-0.4, -0.2) is 43.5 Å². The third kappa shape index (κ3) is 5.93. The van der Waals surface area contributed by atoms with Gasteiger partial charge in [-0.15, -0.1) is 0 Å². The van der Waals surface area contributed by atoms with Crippen LogP contribution in [-0.2, 0) is 19.0 Å². The van der Waals surface area contributed by atoms with Crippen LogP contribution >= 0.6 is 0 Å². The van der Waals surface area contributed by atoms with Gasteiger partial charge >= 0.3 is 11.9 Å². The summed E-state index contributed by atoms with van der Waals surface area (Å²) >= 11 is 0. The van der Waals surface area contributed by atoms with E-state index in [4.69, 9.17) is 9.47 Å². The lowest BCUT2D eigenvalue weighted by atomic mass is 9.92. The molecule has 0 amide bonds. The molecule has 36 heavy (non-hydrogen) atoms. The van der Waals surface area contributed by atoms with Crippen molar-refractivity contribution >= 4 is 17.5 Å². The topological polar surface area (TPSA) is 89.3 Å². The maximum Gasteiger partial charge on any atom is 0.344 e. The van der Waals surface area contributed by atoms with E-state index in [1.165, 1.54) is 6.54 Å². The molecule has 3 rings (SSSR count). The van der Waals surface area contributed by atoms with Crippen molar-refractivity contribution in [1.29, 1.82) is 0 Å². The van der Waals surface area contributed by atoms with Crippen LogP contribution in [0.4, 0.5) is 17.6 Å². The van der Waals surface area contributed by atoms with Crippen molar-refractivity contribution in [2.75, 3.05) is 13.7 Å². The van der Waals surface area contributed by atoms with Crippen molar-refractivity contribution in [2.45, 2.75) is 84.6 Å². The Morgan fingerprint density at radius 3 is 1.83 bits per heavy atom. The van der Waals surface area contributed by atoms with E-state index in [0.29, 0.717) is 12.8 Å². The first kappa shape index (κ1) is 29.4. The molecule has 1 aliphatic carbocycles. The minimum absolute atomic E-state index is 0.201. The first-order valence-corrected chi connectivity index (χ1v) is 12.0. The summed E-state index contributed by atoms with van der Waals surface area (Å²) < 4.78 is 71.0. The molecular formula is C25H33F4NO6. The first-order valence-electron chi connectivity index (χ1n) is 12.0. The summed E-state index contributed by atoms with van der Waals surface area (Å²) in [5.41, 5.74) is -4.55. The molecule has 0 saturated heterocycles. The van der Waals surface area contributed by atoms with Crippen LogP contribution in [0.15, 0.2) is 5.95 Å². The fraction of sp³-hybridized carbons (Fsp3) is 0.600. The molecule has 0 bridgehead atoms. The van der Waals surface area contributed by atoms with Crippen LogP contribution in [0, 0.1) is 23.3 Å². The summed E-state index contributed by atoms with van der Waals surface area (Å²) in [5, 5.41) is 12.3. The number of esters is 2. The van der Waals surface area contributed by atoms with Gasteiger partial charge in [-0.1, -0.05) is 6.42 Å². The summed E-state index contributed by atoms with van der Waals surface area (Å²) in [6.45, 7) is 12.6. The predicted molar refractivity (Wildman–Crippen MR) is 119 cm³/mol. The number of rotatable bonds is 5.